The van der Waals surface area contributed by atoms with Gasteiger partial charge in [-0.3, -0.25) is 0 Å². The van der Waals surface area contributed by atoms with Crippen LogP contribution in [0.2, 0.25) is 0 Å². The predicted molar refractivity (Wildman–Crippen MR) is 124 cm³/mol. The molecule has 28 heavy (non-hydrogen) atoms. The van der Waals surface area contributed by atoms with E-state index in [0.29, 0.717) is 10.7 Å². The Morgan fingerprint density at radius 3 is 2.36 bits per heavy atom. The number of methoxy groups -OCH3 is 1. The van der Waals surface area contributed by atoms with Gasteiger partial charge in [-0.1, -0.05) is 58.3 Å². The van der Waals surface area contributed by atoms with Crippen LogP contribution < -0.4 is 10.6 Å². The molecular formula is C22H36N2O2S2. The summed E-state index contributed by atoms with van der Waals surface area (Å²) in [6.07, 6.45) is 16.2. The molecule has 0 saturated carbocycles. The monoisotopic (exact) mass is 424 g/mol. The number of carbonyl (C=O) groups is 1. The van der Waals surface area contributed by atoms with E-state index in [1.807, 2.05) is 0 Å². The molecule has 0 spiro atoms. The molecule has 0 amide bonds. The molecule has 2 rings (SSSR count). The molecule has 0 saturated heterocycles. The lowest BCUT2D eigenvalue weighted by molar-refractivity contribution is 0.0601. The lowest BCUT2D eigenvalue weighted by Gasteiger charge is -2.12. The van der Waals surface area contributed by atoms with E-state index >= 15 is 0 Å². The van der Waals surface area contributed by atoms with Crippen LogP contribution in [0.4, 0.5) is 5.00 Å². The van der Waals surface area contributed by atoms with Crippen LogP contribution in [0, 0.1) is 0 Å². The van der Waals surface area contributed by atoms with Crippen molar-refractivity contribution in [3.8, 4) is 0 Å². The van der Waals surface area contributed by atoms with Crippen molar-refractivity contribution in [3.05, 3.63) is 16.0 Å². The number of thiocarbonyl (C=S) groups is 1. The van der Waals surface area contributed by atoms with E-state index in [0.717, 1.165) is 42.8 Å². The number of anilines is 1. The maximum atomic E-state index is 12.3. The summed E-state index contributed by atoms with van der Waals surface area (Å²) in [6, 6.07) is 0. The summed E-state index contributed by atoms with van der Waals surface area (Å²) < 4.78 is 5.01. The van der Waals surface area contributed by atoms with E-state index in [4.69, 9.17) is 17.0 Å². The van der Waals surface area contributed by atoms with Crippen LogP contribution in [0.5, 0.6) is 0 Å². The molecule has 0 aromatic carbocycles. The van der Waals surface area contributed by atoms with Crippen LogP contribution in [0.25, 0.3) is 0 Å². The number of hydrogen-bond acceptors (Lipinski definition) is 4. The fourth-order valence-electron chi connectivity index (χ4n) is 3.76. The van der Waals surface area contributed by atoms with Gasteiger partial charge in [-0.15, -0.1) is 11.3 Å². The molecule has 0 fully saturated rings. The first-order chi connectivity index (χ1) is 13.7. The third kappa shape index (κ3) is 7.36. The molecule has 0 radical (unpaired) electrons. The highest BCUT2D eigenvalue weighted by atomic mass is 32.1. The highest BCUT2D eigenvalue weighted by Crippen LogP contribution is 2.38. The molecule has 158 valence electrons. The van der Waals surface area contributed by atoms with Crippen molar-refractivity contribution in [1.82, 2.24) is 5.32 Å². The van der Waals surface area contributed by atoms with Crippen molar-refractivity contribution in [2.45, 2.75) is 90.4 Å². The minimum absolute atomic E-state index is 0.261. The van der Waals surface area contributed by atoms with Crippen LogP contribution in [0.1, 0.15) is 98.4 Å². The summed E-state index contributed by atoms with van der Waals surface area (Å²) in [5.41, 5.74) is 1.85. The molecular weight excluding hydrogens is 388 g/mol. The molecule has 0 aliphatic heterocycles. The Balaban J connectivity index is 1.69. The summed E-state index contributed by atoms with van der Waals surface area (Å²) in [7, 11) is 1.44. The van der Waals surface area contributed by atoms with Gasteiger partial charge < -0.3 is 15.4 Å². The Bertz CT molecular complexity index is 628. The van der Waals surface area contributed by atoms with E-state index < -0.39 is 0 Å². The van der Waals surface area contributed by atoms with Gasteiger partial charge in [0.25, 0.3) is 0 Å². The van der Waals surface area contributed by atoms with Crippen molar-refractivity contribution in [2.24, 2.45) is 0 Å². The normalized spacial score (nSPS) is 13.1. The zero-order chi connectivity index (χ0) is 20.2. The van der Waals surface area contributed by atoms with Gasteiger partial charge in [0, 0.05) is 11.4 Å². The second kappa shape index (κ2) is 13.2. The van der Waals surface area contributed by atoms with Crippen LogP contribution in [-0.2, 0) is 17.6 Å². The van der Waals surface area contributed by atoms with Gasteiger partial charge in [-0.05, 0) is 49.9 Å². The van der Waals surface area contributed by atoms with Gasteiger partial charge in [0.15, 0.2) is 5.11 Å². The molecule has 1 aromatic rings. The smallest absolute Gasteiger partial charge is 0.341 e. The highest BCUT2D eigenvalue weighted by molar-refractivity contribution is 7.80. The van der Waals surface area contributed by atoms with Crippen molar-refractivity contribution in [1.29, 1.82) is 0 Å². The topological polar surface area (TPSA) is 50.4 Å². The molecule has 0 bridgehead atoms. The van der Waals surface area contributed by atoms with Crippen molar-refractivity contribution in [3.63, 3.8) is 0 Å². The third-order valence-electron chi connectivity index (χ3n) is 5.35. The van der Waals surface area contributed by atoms with Gasteiger partial charge in [0.1, 0.15) is 5.00 Å². The number of rotatable bonds is 12. The molecule has 0 atom stereocenters. The minimum Gasteiger partial charge on any atom is -0.465 e. The molecule has 4 nitrogen and oxygen atoms in total. The molecule has 1 heterocycles. The van der Waals surface area contributed by atoms with E-state index in [1.165, 1.54) is 69.8 Å². The Labute approximate surface area is 179 Å². The van der Waals surface area contributed by atoms with Crippen molar-refractivity contribution < 1.29 is 9.53 Å². The molecule has 6 heteroatoms. The number of aryl methyl sites for hydroxylation is 1. The number of fused-ring (bicyclic) bond motifs is 1. The van der Waals surface area contributed by atoms with Crippen molar-refractivity contribution in [2.75, 3.05) is 19.0 Å². The maximum Gasteiger partial charge on any atom is 0.341 e. The average Bonchev–Trinajstić information content (AvgIpc) is 3.06. The first-order valence-electron chi connectivity index (χ1n) is 10.9. The van der Waals surface area contributed by atoms with Crippen LogP contribution in [0.15, 0.2) is 0 Å². The van der Waals surface area contributed by atoms with Gasteiger partial charge in [-0.2, -0.15) is 0 Å². The van der Waals surface area contributed by atoms with E-state index in [2.05, 4.69) is 17.6 Å². The average molecular weight is 425 g/mol. The third-order valence-corrected chi connectivity index (χ3v) is 6.81. The van der Waals surface area contributed by atoms with E-state index in [1.54, 1.807) is 11.3 Å². The summed E-state index contributed by atoms with van der Waals surface area (Å²) >= 11 is 7.10. The first-order valence-corrected chi connectivity index (χ1v) is 12.2. The Kier molecular flexibility index (Phi) is 10.9. The van der Waals surface area contributed by atoms with Crippen molar-refractivity contribution >= 4 is 39.6 Å². The predicted octanol–water partition coefficient (Wildman–Crippen LogP) is 6.23. The lowest BCUT2D eigenvalue weighted by Crippen LogP contribution is -2.29. The van der Waals surface area contributed by atoms with Crippen LogP contribution in [0.3, 0.4) is 0 Å². The summed E-state index contributed by atoms with van der Waals surface area (Å²) in [5.74, 6) is -0.261. The summed E-state index contributed by atoms with van der Waals surface area (Å²) in [5, 5.41) is 7.98. The Hall–Kier alpha value is -1.14. The van der Waals surface area contributed by atoms with Gasteiger partial charge in [0.2, 0.25) is 0 Å². The molecule has 1 aliphatic rings. The first kappa shape index (κ1) is 23.1. The fraction of sp³-hybridized carbons (Fsp3) is 0.727. The molecule has 1 aromatic heterocycles. The zero-order valence-electron chi connectivity index (χ0n) is 17.5. The Morgan fingerprint density at radius 1 is 1.04 bits per heavy atom. The quantitative estimate of drug-likeness (QED) is 0.237. The number of ether oxygens (including phenoxy) is 1. The summed E-state index contributed by atoms with van der Waals surface area (Å²) in [4.78, 5) is 13.6. The van der Waals surface area contributed by atoms with Gasteiger partial charge in [0.05, 0.1) is 12.7 Å². The molecule has 1 aliphatic carbocycles. The highest BCUT2D eigenvalue weighted by Gasteiger charge is 2.26. The number of nitrogens with one attached hydrogen (secondary N) is 2. The standard InChI is InChI=1S/C22H36N2O2S2/c1-3-4-5-6-7-8-9-10-13-16-23-22(27)24-20-19(21(25)26-2)17-14-11-12-15-18(17)28-20/h3-16H2,1-2H3,(H2,23,24,27). The van der Waals surface area contributed by atoms with Crippen LogP contribution in [-0.4, -0.2) is 24.7 Å². The number of thiophene rings is 1. The SMILES string of the molecule is CCCCCCCCCCCNC(=S)Nc1sc2c(c1C(=O)OC)CCCC2. The Morgan fingerprint density at radius 2 is 1.68 bits per heavy atom. The zero-order valence-corrected chi connectivity index (χ0v) is 19.2. The maximum absolute atomic E-state index is 12.3. The van der Waals surface area contributed by atoms with E-state index in [-0.39, 0.29) is 5.97 Å². The fourth-order valence-corrected chi connectivity index (χ4v) is 5.31. The van der Waals surface area contributed by atoms with Gasteiger partial charge in [-0.25, -0.2) is 4.79 Å². The minimum atomic E-state index is -0.261. The largest absolute Gasteiger partial charge is 0.465 e. The second-order valence-corrected chi connectivity index (χ2v) is 9.13. The van der Waals surface area contributed by atoms with Crippen LogP contribution >= 0.6 is 23.6 Å². The number of carbonyl (C=O) groups excluding carboxylic acids is 1. The number of unbranched alkanes of at least 4 members (excludes halogenated alkanes) is 8. The number of esters is 1. The van der Waals surface area contributed by atoms with E-state index in [9.17, 15) is 4.79 Å². The molecule has 0 unspecified atom stereocenters. The number of hydrogen-bond donors (Lipinski definition) is 2. The van der Waals surface area contributed by atoms with Gasteiger partial charge >= 0.3 is 5.97 Å². The molecule has 2 N–H and O–H groups in total. The summed E-state index contributed by atoms with van der Waals surface area (Å²) in [6.45, 7) is 3.13. The second-order valence-electron chi connectivity index (χ2n) is 7.62. The lowest BCUT2D eigenvalue weighted by atomic mass is 9.95.